The highest BCUT2D eigenvalue weighted by molar-refractivity contribution is 5.94. The van der Waals surface area contributed by atoms with Crippen LogP contribution >= 0.6 is 0 Å². The Morgan fingerprint density at radius 1 is 1.11 bits per heavy atom. The van der Waals surface area contributed by atoms with Gasteiger partial charge >= 0.3 is 13.2 Å². The van der Waals surface area contributed by atoms with Gasteiger partial charge in [-0.3, -0.25) is 5.10 Å². The van der Waals surface area contributed by atoms with Gasteiger partial charge in [0.15, 0.2) is 11.6 Å². The third-order valence-electron chi connectivity index (χ3n) is 2.08. The second-order valence-electron chi connectivity index (χ2n) is 3.21. The monoisotopic (exact) mass is 265 g/mol. The van der Waals surface area contributed by atoms with Gasteiger partial charge in [-0.25, -0.2) is 0 Å². The second-order valence-corrected chi connectivity index (χ2v) is 3.21. The van der Waals surface area contributed by atoms with E-state index in [1.807, 2.05) is 0 Å². The lowest BCUT2D eigenvalue weighted by Gasteiger charge is -2.09. The van der Waals surface area contributed by atoms with Gasteiger partial charge in [0.1, 0.15) is 11.3 Å². The van der Waals surface area contributed by atoms with Gasteiger partial charge in [0.2, 0.25) is 0 Å². The SMILES string of the molecule is Nc1n[nH]c2c(OC(F)F)cc(OC(F)F)cc12. The Hall–Kier alpha value is -2.19. The number of H-pyrrole nitrogens is 1. The maximum absolute atomic E-state index is 12.2. The van der Waals surface area contributed by atoms with E-state index in [1.165, 1.54) is 0 Å². The number of ether oxygens (including phenoxy) is 2. The maximum Gasteiger partial charge on any atom is 0.387 e. The van der Waals surface area contributed by atoms with Crippen molar-refractivity contribution in [2.45, 2.75) is 13.2 Å². The summed E-state index contributed by atoms with van der Waals surface area (Å²) in [5.74, 6) is -0.757. The van der Waals surface area contributed by atoms with Gasteiger partial charge in [-0.1, -0.05) is 0 Å². The molecule has 5 nitrogen and oxygen atoms in total. The van der Waals surface area contributed by atoms with Crippen LogP contribution in [-0.4, -0.2) is 23.4 Å². The van der Waals surface area contributed by atoms with Crippen LogP contribution in [0.4, 0.5) is 23.4 Å². The Bertz CT molecular complexity index is 558. The first-order valence-corrected chi connectivity index (χ1v) is 4.64. The fraction of sp³-hybridized carbons (Fsp3) is 0.222. The van der Waals surface area contributed by atoms with Gasteiger partial charge in [-0.05, 0) is 6.07 Å². The van der Waals surface area contributed by atoms with E-state index in [-0.39, 0.29) is 28.2 Å². The van der Waals surface area contributed by atoms with Crippen molar-refractivity contribution in [2.75, 3.05) is 5.73 Å². The number of nitrogen functional groups attached to an aromatic ring is 1. The number of aromatic amines is 1. The van der Waals surface area contributed by atoms with E-state index in [2.05, 4.69) is 19.7 Å². The summed E-state index contributed by atoms with van der Waals surface area (Å²) in [5.41, 5.74) is 5.53. The van der Waals surface area contributed by atoms with Crippen LogP contribution in [-0.2, 0) is 0 Å². The minimum atomic E-state index is -3.11. The Labute approximate surface area is 97.5 Å². The molecule has 0 bridgehead atoms. The number of fused-ring (bicyclic) bond motifs is 1. The predicted octanol–water partition coefficient (Wildman–Crippen LogP) is 2.35. The van der Waals surface area contributed by atoms with Crippen molar-refractivity contribution >= 4 is 16.7 Å². The lowest BCUT2D eigenvalue weighted by atomic mass is 10.2. The number of nitrogens with one attached hydrogen (secondary N) is 1. The molecule has 98 valence electrons. The highest BCUT2D eigenvalue weighted by Crippen LogP contribution is 2.34. The van der Waals surface area contributed by atoms with Crippen molar-refractivity contribution in [1.82, 2.24) is 10.2 Å². The summed E-state index contributed by atoms with van der Waals surface area (Å²) in [6.45, 7) is -6.20. The molecule has 0 spiro atoms. The molecule has 0 aliphatic carbocycles. The Kier molecular flexibility index (Phi) is 3.13. The molecular formula is C9H7F4N3O2. The zero-order valence-corrected chi connectivity index (χ0v) is 8.66. The van der Waals surface area contributed by atoms with Gasteiger partial charge in [0.25, 0.3) is 0 Å². The molecule has 0 radical (unpaired) electrons. The number of hydrogen-bond donors (Lipinski definition) is 2. The molecule has 0 atom stereocenters. The zero-order valence-electron chi connectivity index (χ0n) is 8.66. The standard InChI is InChI=1S/C9H7F4N3O2/c10-8(11)17-3-1-4-6(15-16-7(4)14)5(2-3)18-9(12)13/h1-2,8-9H,(H3,14,15,16). The van der Waals surface area contributed by atoms with Crippen LogP contribution in [0, 0.1) is 0 Å². The summed E-state index contributed by atoms with van der Waals surface area (Å²) in [7, 11) is 0. The first-order valence-electron chi connectivity index (χ1n) is 4.64. The molecule has 0 aliphatic heterocycles. The number of aromatic nitrogens is 2. The number of anilines is 1. The van der Waals surface area contributed by atoms with Crippen molar-refractivity contribution in [3.63, 3.8) is 0 Å². The molecule has 18 heavy (non-hydrogen) atoms. The number of rotatable bonds is 4. The fourth-order valence-corrected chi connectivity index (χ4v) is 1.44. The smallest absolute Gasteiger partial charge is 0.387 e. The van der Waals surface area contributed by atoms with E-state index in [9.17, 15) is 17.6 Å². The maximum atomic E-state index is 12.2. The van der Waals surface area contributed by atoms with E-state index < -0.39 is 13.2 Å². The molecule has 0 unspecified atom stereocenters. The minimum absolute atomic E-state index is 0.0381. The van der Waals surface area contributed by atoms with Crippen LogP contribution in [0.5, 0.6) is 11.5 Å². The van der Waals surface area contributed by atoms with Crippen molar-refractivity contribution in [2.24, 2.45) is 0 Å². The van der Waals surface area contributed by atoms with Crippen LogP contribution in [0.1, 0.15) is 0 Å². The Balaban J connectivity index is 2.51. The van der Waals surface area contributed by atoms with Gasteiger partial charge in [-0.15, -0.1) is 0 Å². The molecule has 1 heterocycles. The summed E-state index contributed by atoms with van der Waals surface area (Å²) in [4.78, 5) is 0. The molecule has 2 rings (SSSR count). The number of alkyl halides is 4. The predicted molar refractivity (Wildman–Crippen MR) is 53.8 cm³/mol. The van der Waals surface area contributed by atoms with E-state index in [0.29, 0.717) is 0 Å². The molecule has 2 aromatic rings. The number of hydrogen-bond acceptors (Lipinski definition) is 4. The summed E-state index contributed by atoms with van der Waals surface area (Å²) in [6, 6.07) is 2.05. The van der Waals surface area contributed by atoms with Gasteiger partial charge in [0.05, 0.1) is 5.39 Å². The molecule has 0 saturated carbocycles. The Morgan fingerprint density at radius 2 is 1.78 bits per heavy atom. The van der Waals surface area contributed by atoms with Crippen molar-refractivity contribution in [3.05, 3.63) is 12.1 Å². The highest BCUT2D eigenvalue weighted by Gasteiger charge is 2.16. The largest absolute Gasteiger partial charge is 0.435 e. The second kappa shape index (κ2) is 4.59. The molecule has 3 N–H and O–H groups in total. The van der Waals surface area contributed by atoms with Crippen LogP contribution in [0.2, 0.25) is 0 Å². The summed E-state index contributed by atoms with van der Waals surface area (Å²) in [6.07, 6.45) is 0. The molecule has 0 aliphatic rings. The molecule has 0 amide bonds. The number of benzene rings is 1. The van der Waals surface area contributed by atoms with Crippen LogP contribution in [0.15, 0.2) is 12.1 Å². The Morgan fingerprint density at radius 3 is 2.39 bits per heavy atom. The zero-order chi connectivity index (χ0) is 13.3. The van der Waals surface area contributed by atoms with Gasteiger partial charge in [-0.2, -0.15) is 22.7 Å². The first kappa shape index (κ1) is 12.3. The molecule has 0 saturated heterocycles. The van der Waals surface area contributed by atoms with E-state index in [0.717, 1.165) is 12.1 Å². The topological polar surface area (TPSA) is 73.2 Å². The average molecular weight is 265 g/mol. The molecular weight excluding hydrogens is 258 g/mol. The third kappa shape index (κ3) is 2.39. The first-order chi connectivity index (χ1) is 8.47. The number of halogens is 4. The van der Waals surface area contributed by atoms with Crippen molar-refractivity contribution < 1.29 is 27.0 Å². The normalized spacial score (nSPS) is 11.4. The number of nitrogens with two attached hydrogens (primary N) is 1. The van der Waals surface area contributed by atoms with E-state index >= 15 is 0 Å². The highest BCUT2D eigenvalue weighted by atomic mass is 19.3. The third-order valence-corrected chi connectivity index (χ3v) is 2.08. The van der Waals surface area contributed by atoms with Crippen LogP contribution < -0.4 is 15.2 Å². The lowest BCUT2D eigenvalue weighted by Crippen LogP contribution is -2.05. The lowest BCUT2D eigenvalue weighted by molar-refractivity contribution is -0.0536. The molecule has 9 heteroatoms. The van der Waals surface area contributed by atoms with Crippen molar-refractivity contribution in [1.29, 1.82) is 0 Å². The average Bonchev–Trinajstić information content (AvgIpc) is 2.59. The van der Waals surface area contributed by atoms with E-state index in [1.54, 1.807) is 0 Å². The minimum Gasteiger partial charge on any atom is -0.435 e. The van der Waals surface area contributed by atoms with Crippen molar-refractivity contribution in [3.8, 4) is 11.5 Å². The summed E-state index contributed by atoms with van der Waals surface area (Å²) < 4.78 is 56.8. The van der Waals surface area contributed by atoms with Crippen LogP contribution in [0.3, 0.4) is 0 Å². The summed E-state index contributed by atoms with van der Waals surface area (Å²) in [5, 5.41) is 6.09. The quantitative estimate of drug-likeness (QED) is 0.832. The fourth-order valence-electron chi connectivity index (χ4n) is 1.44. The summed E-state index contributed by atoms with van der Waals surface area (Å²) >= 11 is 0. The molecule has 1 aromatic heterocycles. The van der Waals surface area contributed by atoms with Gasteiger partial charge < -0.3 is 15.2 Å². The van der Waals surface area contributed by atoms with Crippen LogP contribution in [0.25, 0.3) is 10.9 Å². The molecule has 1 aromatic carbocycles. The number of nitrogens with zero attached hydrogens (tertiary/aromatic N) is 1. The van der Waals surface area contributed by atoms with Gasteiger partial charge in [0, 0.05) is 6.07 Å². The van der Waals surface area contributed by atoms with E-state index in [4.69, 9.17) is 5.73 Å². The molecule has 0 fully saturated rings.